The molecule has 1 saturated heterocycles. The Labute approximate surface area is 206 Å². The lowest BCUT2D eigenvalue weighted by molar-refractivity contribution is -0.132. The molecule has 188 valence electrons. The topological polar surface area (TPSA) is 54.5 Å². The number of aromatic nitrogens is 1. The summed E-state index contributed by atoms with van der Waals surface area (Å²) < 4.78 is 59.2. The molecular weight excluding hydrogens is 474 g/mol. The van der Waals surface area contributed by atoms with Gasteiger partial charge in [0.1, 0.15) is 0 Å². The molecule has 0 radical (unpaired) electrons. The number of pyridine rings is 1. The van der Waals surface area contributed by atoms with E-state index in [0.29, 0.717) is 18.7 Å². The van der Waals surface area contributed by atoms with E-state index in [0.717, 1.165) is 43.6 Å². The van der Waals surface area contributed by atoms with Crippen LogP contribution in [-0.2, 0) is 28.3 Å². The SMILES string of the molecule is O=C(NC(c1ccc(CN2CCC3(CC2)OCc2ccncc23)cc1)c1ccc(F)c(F)c1)C(F)F. The Bertz CT molecular complexity index is 1240. The van der Waals surface area contributed by atoms with Crippen molar-refractivity contribution in [2.45, 2.75) is 44.1 Å². The van der Waals surface area contributed by atoms with E-state index in [1.54, 1.807) is 18.3 Å². The number of benzene rings is 2. The van der Waals surface area contributed by atoms with E-state index in [-0.39, 0.29) is 11.2 Å². The molecule has 1 spiro atoms. The number of carbonyl (C=O) groups is 1. The van der Waals surface area contributed by atoms with Crippen molar-refractivity contribution in [2.75, 3.05) is 13.1 Å². The molecule has 2 aliphatic rings. The first-order valence-electron chi connectivity index (χ1n) is 11.8. The highest BCUT2D eigenvalue weighted by Crippen LogP contribution is 2.43. The number of halogens is 4. The van der Waals surface area contributed by atoms with Crippen LogP contribution in [0.3, 0.4) is 0 Å². The monoisotopic (exact) mass is 499 g/mol. The highest BCUT2D eigenvalue weighted by atomic mass is 19.3. The van der Waals surface area contributed by atoms with E-state index in [1.807, 2.05) is 24.4 Å². The van der Waals surface area contributed by atoms with Crippen molar-refractivity contribution in [3.63, 3.8) is 0 Å². The minimum Gasteiger partial charge on any atom is -0.365 e. The van der Waals surface area contributed by atoms with Gasteiger partial charge in [0.25, 0.3) is 5.91 Å². The maximum atomic E-state index is 13.8. The van der Waals surface area contributed by atoms with Crippen molar-refractivity contribution in [3.8, 4) is 0 Å². The number of amides is 1. The lowest BCUT2D eigenvalue weighted by Crippen LogP contribution is -2.42. The summed E-state index contributed by atoms with van der Waals surface area (Å²) in [6, 6.07) is 11.2. The van der Waals surface area contributed by atoms with Crippen LogP contribution < -0.4 is 5.32 Å². The Kier molecular flexibility index (Phi) is 6.77. The molecule has 9 heteroatoms. The summed E-state index contributed by atoms with van der Waals surface area (Å²) in [5, 5.41) is 2.23. The van der Waals surface area contributed by atoms with Gasteiger partial charge < -0.3 is 10.1 Å². The first kappa shape index (κ1) is 24.4. The van der Waals surface area contributed by atoms with Crippen molar-refractivity contribution >= 4 is 5.91 Å². The Hall–Kier alpha value is -3.30. The van der Waals surface area contributed by atoms with Gasteiger partial charge in [0, 0.05) is 37.6 Å². The number of nitrogens with zero attached hydrogens (tertiary/aromatic N) is 2. The highest BCUT2D eigenvalue weighted by molar-refractivity contribution is 5.80. The van der Waals surface area contributed by atoms with Gasteiger partial charge in [-0.2, -0.15) is 8.78 Å². The van der Waals surface area contributed by atoms with Gasteiger partial charge >= 0.3 is 6.43 Å². The summed E-state index contributed by atoms with van der Waals surface area (Å²) in [6.45, 7) is 2.99. The highest BCUT2D eigenvalue weighted by Gasteiger charge is 2.42. The van der Waals surface area contributed by atoms with Gasteiger partial charge in [-0.15, -0.1) is 0 Å². The fourth-order valence-corrected chi connectivity index (χ4v) is 5.07. The molecule has 0 aliphatic carbocycles. The molecule has 36 heavy (non-hydrogen) atoms. The Morgan fingerprint density at radius 2 is 1.75 bits per heavy atom. The summed E-state index contributed by atoms with van der Waals surface area (Å²) in [5.74, 6) is -3.66. The normalized spacial score (nSPS) is 17.8. The van der Waals surface area contributed by atoms with E-state index >= 15 is 0 Å². The van der Waals surface area contributed by atoms with E-state index in [1.165, 1.54) is 17.2 Å². The fraction of sp³-hybridized carbons (Fsp3) is 0.333. The van der Waals surface area contributed by atoms with Crippen LogP contribution in [0.25, 0.3) is 0 Å². The predicted octanol–water partition coefficient (Wildman–Crippen LogP) is 4.85. The molecular formula is C27H25F4N3O2. The lowest BCUT2D eigenvalue weighted by Gasteiger charge is -2.39. The standard InChI is InChI=1S/C27H25F4N3O2/c28-22-6-5-19(13-23(22)29)24(33-26(35)25(30)31)18-3-1-17(2-4-18)15-34-11-8-27(9-12-34)21-14-32-10-7-20(21)16-36-27/h1-7,10,13-14,24-25H,8-9,11-12,15-16H2,(H,33,35). The molecule has 2 aliphatic heterocycles. The molecule has 5 nitrogen and oxygen atoms in total. The van der Waals surface area contributed by atoms with E-state index in [4.69, 9.17) is 4.74 Å². The molecule has 0 bridgehead atoms. The third-order valence-electron chi connectivity index (χ3n) is 7.05. The summed E-state index contributed by atoms with van der Waals surface area (Å²) >= 11 is 0. The number of rotatable bonds is 6. The Morgan fingerprint density at radius 1 is 1.03 bits per heavy atom. The molecule has 0 saturated carbocycles. The number of fused-ring (bicyclic) bond motifs is 2. The van der Waals surface area contributed by atoms with Crippen LogP contribution >= 0.6 is 0 Å². The van der Waals surface area contributed by atoms with Crippen molar-refractivity contribution in [2.24, 2.45) is 0 Å². The van der Waals surface area contributed by atoms with Gasteiger partial charge in [0.15, 0.2) is 11.6 Å². The number of likely N-dealkylation sites (tertiary alicyclic amines) is 1. The second-order valence-electron chi connectivity index (χ2n) is 9.25. The van der Waals surface area contributed by atoms with Gasteiger partial charge in [0.2, 0.25) is 0 Å². The minimum atomic E-state index is -3.23. The van der Waals surface area contributed by atoms with E-state index < -0.39 is 30.0 Å². The molecule has 1 unspecified atom stereocenters. The van der Waals surface area contributed by atoms with Crippen molar-refractivity contribution in [3.05, 3.63) is 100 Å². The average molecular weight is 500 g/mol. The van der Waals surface area contributed by atoms with Gasteiger partial charge in [-0.25, -0.2) is 8.78 Å². The van der Waals surface area contributed by atoms with Crippen LogP contribution in [0.1, 0.15) is 46.7 Å². The zero-order chi connectivity index (χ0) is 25.3. The number of carbonyl (C=O) groups excluding carboxylic acids is 1. The molecule has 2 aromatic carbocycles. The first-order valence-corrected chi connectivity index (χ1v) is 11.8. The van der Waals surface area contributed by atoms with Crippen LogP contribution in [0.2, 0.25) is 0 Å². The number of alkyl halides is 2. The van der Waals surface area contributed by atoms with Crippen LogP contribution in [0.4, 0.5) is 17.6 Å². The Balaban J connectivity index is 1.27. The number of piperidine rings is 1. The van der Waals surface area contributed by atoms with Crippen molar-refractivity contribution in [1.82, 2.24) is 15.2 Å². The van der Waals surface area contributed by atoms with E-state index in [9.17, 15) is 22.4 Å². The lowest BCUT2D eigenvalue weighted by atomic mass is 9.84. The zero-order valence-electron chi connectivity index (χ0n) is 19.4. The summed E-state index contributed by atoms with van der Waals surface area (Å²) in [7, 11) is 0. The number of nitrogens with one attached hydrogen (secondary N) is 1. The molecule has 5 rings (SSSR count). The maximum absolute atomic E-state index is 13.8. The molecule has 3 aromatic rings. The predicted molar refractivity (Wildman–Crippen MR) is 124 cm³/mol. The molecule has 1 atom stereocenters. The second-order valence-corrected chi connectivity index (χ2v) is 9.25. The summed E-state index contributed by atoms with van der Waals surface area (Å²) in [6.07, 6.45) is 2.19. The zero-order valence-corrected chi connectivity index (χ0v) is 19.4. The largest absolute Gasteiger partial charge is 0.365 e. The van der Waals surface area contributed by atoms with Crippen molar-refractivity contribution < 1.29 is 27.1 Å². The molecule has 1 aromatic heterocycles. The van der Waals surface area contributed by atoms with Crippen LogP contribution in [0.15, 0.2) is 60.9 Å². The van der Waals surface area contributed by atoms with Gasteiger partial charge in [-0.05, 0) is 53.3 Å². The van der Waals surface area contributed by atoms with E-state index in [2.05, 4.69) is 15.2 Å². The quantitative estimate of drug-likeness (QED) is 0.493. The molecule has 1 N–H and O–H groups in total. The maximum Gasteiger partial charge on any atom is 0.315 e. The second kappa shape index (κ2) is 9.99. The van der Waals surface area contributed by atoms with Gasteiger partial charge in [-0.3, -0.25) is 14.7 Å². The van der Waals surface area contributed by atoms with Gasteiger partial charge in [-0.1, -0.05) is 30.3 Å². The Morgan fingerprint density at radius 3 is 2.44 bits per heavy atom. The number of hydrogen-bond acceptors (Lipinski definition) is 4. The summed E-state index contributed by atoms with van der Waals surface area (Å²) in [4.78, 5) is 18.3. The fourth-order valence-electron chi connectivity index (χ4n) is 5.07. The average Bonchev–Trinajstić information content (AvgIpc) is 3.24. The smallest absolute Gasteiger partial charge is 0.315 e. The van der Waals surface area contributed by atoms with Gasteiger partial charge in [0.05, 0.1) is 18.2 Å². The number of ether oxygens (including phenoxy) is 1. The van der Waals surface area contributed by atoms with Crippen LogP contribution in [0, 0.1) is 11.6 Å². The molecule has 3 heterocycles. The molecule has 1 fully saturated rings. The third kappa shape index (κ3) is 4.85. The third-order valence-corrected chi connectivity index (χ3v) is 7.05. The first-order chi connectivity index (χ1) is 17.3. The van der Waals surface area contributed by atoms with Crippen molar-refractivity contribution in [1.29, 1.82) is 0 Å². The molecule has 1 amide bonds. The van der Waals surface area contributed by atoms with Crippen LogP contribution in [0.5, 0.6) is 0 Å². The minimum absolute atomic E-state index is 0.170. The number of hydrogen-bond donors (Lipinski definition) is 1. The van der Waals surface area contributed by atoms with Crippen LogP contribution in [-0.4, -0.2) is 35.3 Å². The summed E-state index contributed by atoms with van der Waals surface area (Å²) in [5.41, 5.74) is 3.77.